The van der Waals surface area contributed by atoms with Gasteiger partial charge in [-0.2, -0.15) is 13.2 Å². The summed E-state index contributed by atoms with van der Waals surface area (Å²) in [6, 6.07) is 0. The van der Waals surface area contributed by atoms with Crippen molar-refractivity contribution in [3.63, 3.8) is 0 Å². The predicted molar refractivity (Wildman–Crippen MR) is 53.0 cm³/mol. The standard InChI is InChI=1S/C10H12ClF3O2/c1-9(2)6(7(9)8(15)16)3-5(11)4-10(12,13)14/h3,6-7H,4H2,1-2H3,(H,15,16). The van der Waals surface area contributed by atoms with Gasteiger partial charge in [-0.1, -0.05) is 31.5 Å². The van der Waals surface area contributed by atoms with Gasteiger partial charge in [0.2, 0.25) is 0 Å². The van der Waals surface area contributed by atoms with Crippen molar-refractivity contribution in [2.45, 2.75) is 26.4 Å². The lowest BCUT2D eigenvalue weighted by Crippen LogP contribution is -2.06. The summed E-state index contributed by atoms with van der Waals surface area (Å²) in [5.41, 5.74) is -0.516. The van der Waals surface area contributed by atoms with Gasteiger partial charge in [0.15, 0.2) is 0 Å². The number of hydrogen-bond acceptors (Lipinski definition) is 1. The Hall–Kier alpha value is -0.710. The zero-order valence-electron chi connectivity index (χ0n) is 8.81. The lowest BCUT2D eigenvalue weighted by molar-refractivity contribution is -0.139. The number of rotatable bonds is 3. The van der Waals surface area contributed by atoms with Gasteiger partial charge in [-0.05, 0) is 11.3 Å². The molecule has 16 heavy (non-hydrogen) atoms. The SMILES string of the molecule is CC1(C)C(C=C(Cl)CC(F)(F)F)C1C(=O)O. The summed E-state index contributed by atoms with van der Waals surface area (Å²) in [6.07, 6.45) is -4.34. The van der Waals surface area contributed by atoms with E-state index in [2.05, 4.69) is 0 Å². The van der Waals surface area contributed by atoms with E-state index in [1.807, 2.05) is 0 Å². The summed E-state index contributed by atoms with van der Waals surface area (Å²) in [4.78, 5) is 10.8. The Bertz CT molecular complexity index is 333. The summed E-state index contributed by atoms with van der Waals surface area (Å²) in [5, 5.41) is 8.47. The fourth-order valence-electron chi connectivity index (χ4n) is 1.91. The Labute approximate surface area is 96.1 Å². The van der Waals surface area contributed by atoms with Gasteiger partial charge in [-0.3, -0.25) is 4.79 Å². The van der Waals surface area contributed by atoms with E-state index >= 15 is 0 Å². The first-order valence-corrected chi connectivity index (χ1v) is 5.09. The molecule has 92 valence electrons. The number of allylic oxidation sites excluding steroid dienone is 2. The average Bonchev–Trinajstić information content (AvgIpc) is 2.47. The van der Waals surface area contributed by atoms with E-state index in [9.17, 15) is 18.0 Å². The number of carboxylic acids is 1. The molecule has 1 aliphatic carbocycles. The van der Waals surface area contributed by atoms with Gasteiger partial charge in [0.1, 0.15) is 0 Å². The molecule has 0 aliphatic heterocycles. The van der Waals surface area contributed by atoms with Crippen LogP contribution in [0.1, 0.15) is 20.3 Å². The highest BCUT2D eigenvalue weighted by Crippen LogP contribution is 2.59. The molecule has 1 saturated carbocycles. The van der Waals surface area contributed by atoms with Crippen molar-refractivity contribution < 1.29 is 23.1 Å². The number of aliphatic carboxylic acids is 1. The van der Waals surface area contributed by atoms with Crippen molar-refractivity contribution in [1.29, 1.82) is 0 Å². The van der Waals surface area contributed by atoms with E-state index in [0.717, 1.165) is 0 Å². The van der Waals surface area contributed by atoms with Crippen molar-refractivity contribution in [2.75, 3.05) is 0 Å². The molecule has 0 bridgehead atoms. The van der Waals surface area contributed by atoms with Crippen LogP contribution in [0.2, 0.25) is 0 Å². The molecule has 0 radical (unpaired) electrons. The summed E-state index contributed by atoms with van der Waals surface area (Å²) >= 11 is 5.45. The summed E-state index contributed by atoms with van der Waals surface area (Å²) in [6.45, 7) is 3.40. The highest BCUT2D eigenvalue weighted by atomic mass is 35.5. The summed E-state index contributed by atoms with van der Waals surface area (Å²) in [5.74, 6) is -2.06. The first-order valence-electron chi connectivity index (χ1n) is 4.71. The molecule has 6 heteroatoms. The van der Waals surface area contributed by atoms with Crippen molar-refractivity contribution in [2.24, 2.45) is 17.3 Å². The Kier molecular flexibility index (Phi) is 3.29. The molecular formula is C10H12ClF3O2. The predicted octanol–water partition coefficient (Wildman–Crippen LogP) is 3.42. The van der Waals surface area contributed by atoms with Crippen molar-refractivity contribution >= 4 is 17.6 Å². The largest absolute Gasteiger partial charge is 0.481 e. The number of carboxylic acid groups (broad SMARTS) is 1. The van der Waals surface area contributed by atoms with Crippen LogP contribution in [0.5, 0.6) is 0 Å². The van der Waals surface area contributed by atoms with Gasteiger partial charge in [-0.15, -0.1) is 0 Å². The Morgan fingerprint density at radius 1 is 1.50 bits per heavy atom. The fourth-order valence-corrected chi connectivity index (χ4v) is 2.19. The van der Waals surface area contributed by atoms with Crippen molar-refractivity contribution in [3.05, 3.63) is 11.1 Å². The topological polar surface area (TPSA) is 37.3 Å². The minimum absolute atomic E-state index is 0.339. The van der Waals surface area contributed by atoms with Crippen LogP contribution in [0.25, 0.3) is 0 Å². The zero-order valence-corrected chi connectivity index (χ0v) is 9.56. The molecule has 0 aromatic carbocycles. The minimum atomic E-state index is -4.36. The smallest absolute Gasteiger partial charge is 0.393 e. The maximum Gasteiger partial charge on any atom is 0.393 e. The second kappa shape index (κ2) is 3.95. The molecule has 1 N–H and O–H groups in total. The van der Waals surface area contributed by atoms with E-state index in [1.54, 1.807) is 13.8 Å². The maximum atomic E-state index is 12.0. The molecule has 2 nitrogen and oxygen atoms in total. The first-order chi connectivity index (χ1) is 7.05. The number of alkyl halides is 3. The van der Waals surface area contributed by atoms with Crippen LogP contribution < -0.4 is 0 Å². The van der Waals surface area contributed by atoms with Crippen LogP contribution in [0.4, 0.5) is 13.2 Å². The molecule has 2 atom stereocenters. The molecule has 0 saturated heterocycles. The fraction of sp³-hybridized carbons (Fsp3) is 0.700. The second-order valence-corrected chi connectivity index (χ2v) is 5.05. The van der Waals surface area contributed by atoms with E-state index in [-0.39, 0.29) is 5.03 Å². The van der Waals surface area contributed by atoms with E-state index < -0.39 is 35.8 Å². The van der Waals surface area contributed by atoms with Crippen LogP contribution in [0, 0.1) is 17.3 Å². The Balaban J connectivity index is 2.69. The first kappa shape index (κ1) is 13.4. The number of hydrogen-bond donors (Lipinski definition) is 1. The molecule has 1 rings (SSSR count). The third-order valence-electron chi connectivity index (χ3n) is 2.91. The van der Waals surface area contributed by atoms with Gasteiger partial charge < -0.3 is 5.11 Å². The normalized spacial score (nSPS) is 29.0. The molecule has 1 fully saturated rings. The molecule has 0 heterocycles. The third-order valence-corrected chi connectivity index (χ3v) is 3.17. The number of halogens is 4. The van der Waals surface area contributed by atoms with E-state index in [1.165, 1.54) is 6.08 Å². The highest BCUT2D eigenvalue weighted by molar-refractivity contribution is 6.29. The molecular weight excluding hydrogens is 245 g/mol. The van der Waals surface area contributed by atoms with Gasteiger partial charge >= 0.3 is 12.1 Å². The molecule has 0 aromatic heterocycles. The van der Waals surface area contributed by atoms with Crippen molar-refractivity contribution in [3.8, 4) is 0 Å². The van der Waals surface area contributed by atoms with Crippen LogP contribution in [-0.2, 0) is 4.79 Å². The van der Waals surface area contributed by atoms with E-state index in [0.29, 0.717) is 0 Å². The Morgan fingerprint density at radius 2 is 2.00 bits per heavy atom. The average molecular weight is 257 g/mol. The van der Waals surface area contributed by atoms with Crippen LogP contribution in [-0.4, -0.2) is 17.3 Å². The lowest BCUT2D eigenvalue weighted by atomic mass is 10.1. The number of carbonyl (C=O) groups is 1. The summed E-state index contributed by atoms with van der Waals surface area (Å²) in [7, 11) is 0. The molecule has 1 aliphatic rings. The maximum absolute atomic E-state index is 12.0. The molecule has 0 spiro atoms. The Morgan fingerprint density at radius 3 is 2.31 bits per heavy atom. The zero-order chi connectivity index (χ0) is 12.7. The van der Waals surface area contributed by atoms with Crippen LogP contribution in [0.3, 0.4) is 0 Å². The van der Waals surface area contributed by atoms with E-state index in [4.69, 9.17) is 16.7 Å². The molecule has 0 aromatic rings. The quantitative estimate of drug-likeness (QED) is 0.840. The highest BCUT2D eigenvalue weighted by Gasteiger charge is 2.61. The van der Waals surface area contributed by atoms with Crippen LogP contribution >= 0.6 is 11.6 Å². The van der Waals surface area contributed by atoms with Crippen LogP contribution in [0.15, 0.2) is 11.1 Å². The van der Waals surface area contributed by atoms with Gasteiger partial charge in [0, 0.05) is 5.03 Å². The summed E-state index contributed by atoms with van der Waals surface area (Å²) < 4.78 is 36.0. The molecule has 0 amide bonds. The molecule has 2 unspecified atom stereocenters. The lowest BCUT2D eigenvalue weighted by Gasteiger charge is -2.04. The monoisotopic (exact) mass is 256 g/mol. The third kappa shape index (κ3) is 2.90. The van der Waals surface area contributed by atoms with Gasteiger partial charge in [-0.25, -0.2) is 0 Å². The van der Waals surface area contributed by atoms with Crippen molar-refractivity contribution in [1.82, 2.24) is 0 Å². The van der Waals surface area contributed by atoms with Gasteiger partial charge in [0.05, 0.1) is 12.3 Å². The van der Waals surface area contributed by atoms with Gasteiger partial charge in [0.25, 0.3) is 0 Å². The second-order valence-electron chi connectivity index (χ2n) is 4.57. The minimum Gasteiger partial charge on any atom is -0.481 e.